The van der Waals surface area contributed by atoms with Crippen molar-refractivity contribution in [2.45, 2.75) is 0 Å². The van der Waals surface area contributed by atoms with Crippen LogP contribution >= 0.6 is 11.3 Å². The van der Waals surface area contributed by atoms with E-state index in [2.05, 4.69) is 17.0 Å². The van der Waals surface area contributed by atoms with Crippen LogP contribution in [0.5, 0.6) is 5.75 Å². The minimum absolute atomic E-state index is 0.240. The molecule has 0 saturated heterocycles. The van der Waals surface area contributed by atoms with Crippen LogP contribution in [0.25, 0.3) is 21.9 Å². The second-order valence-electron chi connectivity index (χ2n) is 4.72. The number of terminal acetylenes is 1. The second kappa shape index (κ2) is 6.79. The number of nitriles is 1. The number of ether oxygens (including phenoxy) is 1. The average molecular weight is 316 g/mol. The van der Waals surface area contributed by atoms with Crippen molar-refractivity contribution in [3.05, 3.63) is 59.1 Å². The predicted molar refractivity (Wildman–Crippen MR) is 93.9 cm³/mol. The molecule has 0 atom stereocenters. The molecule has 0 fully saturated rings. The second-order valence-corrected chi connectivity index (χ2v) is 5.75. The van der Waals surface area contributed by atoms with Gasteiger partial charge in [-0.3, -0.25) is 0 Å². The summed E-state index contributed by atoms with van der Waals surface area (Å²) in [4.78, 5) is 4.52. The molecule has 0 aliphatic carbocycles. The number of nitrogens with zero attached hydrogens (tertiary/aromatic N) is 2. The minimum Gasteiger partial charge on any atom is -0.481 e. The molecule has 3 nitrogen and oxygen atoms in total. The van der Waals surface area contributed by atoms with Gasteiger partial charge in [-0.15, -0.1) is 17.8 Å². The van der Waals surface area contributed by atoms with E-state index in [1.165, 1.54) is 11.3 Å². The van der Waals surface area contributed by atoms with Crippen LogP contribution in [-0.4, -0.2) is 11.6 Å². The van der Waals surface area contributed by atoms with E-state index >= 15 is 0 Å². The Morgan fingerprint density at radius 2 is 2.00 bits per heavy atom. The fraction of sp³-hybridized carbons (Fsp3) is 0.0526. The van der Waals surface area contributed by atoms with Crippen molar-refractivity contribution in [3.63, 3.8) is 0 Å². The van der Waals surface area contributed by atoms with Gasteiger partial charge in [-0.25, -0.2) is 4.98 Å². The lowest BCUT2D eigenvalue weighted by Gasteiger charge is -2.02. The third-order valence-corrected chi connectivity index (χ3v) is 4.23. The van der Waals surface area contributed by atoms with E-state index in [1.807, 2.05) is 54.6 Å². The Morgan fingerprint density at radius 3 is 2.70 bits per heavy atom. The summed E-state index contributed by atoms with van der Waals surface area (Å²) in [7, 11) is 0. The van der Waals surface area contributed by atoms with Crippen LogP contribution in [-0.2, 0) is 0 Å². The maximum absolute atomic E-state index is 9.44. The van der Waals surface area contributed by atoms with Crippen LogP contribution < -0.4 is 4.74 Å². The van der Waals surface area contributed by atoms with E-state index < -0.39 is 0 Å². The molecule has 3 rings (SSSR count). The molecule has 0 aliphatic heterocycles. The van der Waals surface area contributed by atoms with Crippen molar-refractivity contribution in [2.24, 2.45) is 0 Å². The SMILES string of the molecule is C#CCOc1ccc(/C=C(/C#N)c2nc3ccccc3s2)cc1. The van der Waals surface area contributed by atoms with Gasteiger partial charge in [0.25, 0.3) is 0 Å². The summed E-state index contributed by atoms with van der Waals surface area (Å²) in [5, 5.41) is 10.2. The largest absolute Gasteiger partial charge is 0.481 e. The van der Waals surface area contributed by atoms with Gasteiger partial charge < -0.3 is 4.74 Å². The Hall–Kier alpha value is -3.08. The molecule has 0 radical (unpaired) electrons. The van der Waals surface area contributed by atoms with Crippen molar-refractivity contribution in [3.8, 4) is 24.2 Å². The quantitative estimate of drug-likeness (QED) is 0.530. The molecule has 1 aromatic heterocycles. The minimum atomic E-state index is 0.240. The summed E-state index contributed by atoms with van der Waals surface area (Å²) in [6.45, 7) is 0.240. The third kappa shape index (κ3) is 3.40. The molecule has 1 heterocycles. The number of fused-ring (bicyclic) bond motifs is 1. The number of para-hydroxylation sites is 1. The molecule has 0 amide bonds. The number of benzene rings is 2. The molecule has 3 aromatic rings. The highest BCUT2D eigenvalue weighted by atomic mass is 32.1. The highest BCUT2D eigenvalue weighted by Gasteiger charge is 2.08. The van der Waals surface area contributed by atoms with Gasteiger partial charge in [0, 0.05) is 0 Å². The normalized spacial score (nSPS) is 11.0. The van der Waals surface area contributed by atoms with Crippen molar-refractivity contribution < 1.29 is 4.74 Å². The lowest BCUT2D eigenvalue weighted by atomic mass is 10.1. The molecule has 0 unspecified atom stereocenters. The summed E-state index contributed by atoms with van der Waals surface area (Å²) in [6.07, 6.45) is 6.98. The molecule has 0 saturated carbocycles. The van der Waals surface area contributed by atoms with Gasteiger partial charge in [0.05, 0.1) is 15.8 Å². The molecule has 4 heteroatoms. The van der Waals surface area contributed by atoms with Crippen LogP contribution in [0.1, 0.15) is 10.6 Å². The lowest BCUT2D eigenvalue weighted by Crippen LogP contribution is -1.92. The summed E-state index contributed by atoms with van der Waals surface area (Å²) in [5.41, 5.74) is 2.36. The van der Waals surface area contributed by atoms with Gasteiger partial charge >= 0.3 is 0 Å². The van der Waals surface area contributed by atoms with Crippen LogP contribution in [0.15, 0.2) is 48.5 Å². The molecule has 23 heavy (non-hydrogen) atoms. The first-order chi connectivity index (χ1) is 11.3. The molecular formula is C19H12N2OS. The Morgan fingerprint density at radius 1 is 1.22 bits per heavy atom. The Kier molecular flexibility index (Phi) is 4.38. The standard InChI is InChI=1S/C19H12N2OS/c1-2-11-22-16-9-7-14(8-10-16)12-15(13-20)19-21-17-5-3-4-6-18(17)23-19/h1,3-10,12H,11H2/b15-12-. The number of hydrogen-bond donors (Lipinski definition) is 0. The predicted octanol–water partition coefficient (Wildman–Crippen LogP) is 4.37. The van der Waals surface area contributed by atoms with Gasteiger partial charge in [0.15, 0.2) is 0 Å². The summed E-state index contributed by atoms with van der Waals surface area (Å²) in [5.74, 6) is 3.13. The zero-order chi connectivity index (χ0) is 16.1. The van der Waals surface area contributed by atoms with E-state index in [1.54, 1.807) is 0 Å². The number of thiazole rings is 1. The molecule has 110 valence electrons. The van der Waals surface area contributed by atoms with E-state index in [-0.39, 0.29) is 6.61 Å². The van der Waals surface area contributed by atoms with Crippen LogP contribution in [0.3, 0.4) is 0 Å². The maximum atomic E-state index is 9.44. The van der Waals surface area contributed by atoms with Gasteiger partial charge in [-0.1, -0.05) is 30.2 Å². The highest BCUT2D eigenvalue weighted by Crippen LogP contribution is 2.28. The zero-order valence-corrected chi connectivity index (χ0v) is 13.0. The van der Waals surface area contributed by atoms with Crippen molar-refractivity contribution in [2.75, 3.05) is 6.61 Å². The summed E-state index contributed by atoms with van der Waals surface area (Å²) in [6, 6.07) is 17.5. The fourth-order valence-corrected chi connectivity index (χ4v) is 3.01. The number of aromatic nitrogens is 1. The maximum Gasteiger partial charge on any atom is 0.148 e. The first-order valence-corrected chi connectivity index (χ1v) is 7.76. The zero-order valence-electron chi connectivity index (χ0n) is 12.2. The molecule has 0 spiro atoms. The summed E-state index contributed by atoms with van der Waals surface area (Å²) < 4.78 is 6.40. The topological polar surface area (TPSA) is 45.9 Å². The van der Waals surface area contributed by atoms with Gasteiger partial charge in [0.1, 0.15) is 23.4 Å². The van der Waals surface area contributed by atoms with Crippen molar-refractivity contribution in [1.29, 1.82) is 5.26 Å². The van der Waals surface area contributed by atoms with Crippen LogP contribution in [0, 0.1) is 23.7 Å². The highest BCUT2D eigenvalue weighted by molar-refractivity contribution is 7.19. The Balaban J connectivity index is 1.89. The Labute approximate surface area is 138 Å². The van der Waals surface area contributed by atoms with Crippen molar-refractivity contribution >= 4 is 33.2 Å². The molecule has 0 aliphatic rings. The van der Waals surface area contributed by atoms with Crippen LogP contribution in [0.2, 0.25) is 0 Å². The Bertz CT molecular complexity index is 907. The number of hydrogen-bond acceptors (Lipinski definition) is 4. The molecule has 0 bridgehead atoms. The monoisotopic (exact) mass is 316 g/mol. The van der Waals surface area contributed by atoms with Crippen LogP contribution in [0.4, 0.5) is 0 Å². The third-order valence-electron chi connectivity index (χ3n) is 3.16. The average Bonchev–Trinajstić information content (AvgIpc) is 3.02. The van der Waals surface area contributed by atoms with Crippen molar-refractivity contribution in [1.82, 2.24) is 4.98 Å². The van der Waals surface area contributed by atoms with E-state index in [0.29, 0.717) is 11.3 Å². The number of rotatable bonds is 4. The van der Waals surface area contributed by atoms with Gasteiger partial charge in [-0.2, -0.15) is 5.26 Å². The first kappa shape index (κ1) is 14.8. The van der Waals surface area contributed by atoms with E-state index in [9.17, 15) is 5.26 Å². The fourth-order valence-electron chi connectivity index (χ4n) is 2.08. The lowest BCUT2D eigenvalue weighted by molar-refractivity contribution is 0.370. The molecular weight excluding hydrogens is 304 g/mol. The molecule has 2 aromatic carbocycles. The first-order valence-electron chi connectivity index (χ1n) is 6.94. The summed E-state index contributed by atoms with van der Waals surface area (Å²) >= 11 is 1.51. The number of allylic oxidation sites excluding steroid dienone is 1. The van der Waals surface area contributed by atoms with E-state index in [0.717, 1.165) is 20.8 Å². The van der Waals surface area contributed by atoms with Gasteiger partial charge in [0.2, 0.25) is 0 Å². The molecule has 0 N–H and O–H groups in total. The van der Waals surface area contributed by atoms with Gasteiger partial charge in [-0.05, 0) is 35.9 Å². The smallest absolute Gasteiger partial charge is 0.148 e. The van der Waals surface area contributed by atoms with E-state index in [4.69, 9.17) is 11.2 Å².